The molecule has 20 heavy (non-hydrogen) atoms. The van der Waals surface area contributed by atoms with Crippen LogP contribution >= 0.6 is 39.1 Å². The Kier molecular flexibility index (Phi) is 3.76. The van der Waals surface area contributed by atoms with Gasteiger partial charge in [0.15, 0.2) is 0 Å². The lowest BCUT2D eigenvalue weighted by Crippen LogP contribution is -2.00. The van der Waals surface area contributed by atoms with Crippen molar-refractivity contribution in [3.8, 4) is 0 Å². The second-order valence-corrected chi connectivity index (χ2v) is 6.26. The fraction of sp³-hybridized carbons (Fsp3) is 0.0667. The highest BCUT2D eigenvalue weighted by Crippen LogP contribution is 2.29. The predicted molar refractivity (Wildman–Crippen MR) is 85.2 cm³/mol. The molecule has 0 unspecified atom stereocenters. The maximum atomic E-state index is 13.9. The third kappa shape index (κ3) is 2.58. The Morgan fingerprint density at radius 3 is 2.65 bits per heavy atom. The number of rotatable bonds is 2. The number of nitrogens with zero attached hydrogens (tertiary/aromatic N) is 1. The van der Waals surface area contributed by atoms with Gasteiger partial charge in [0.2, 0.25) is 0 Å². The summed E-state index contributed by atoms with van der Waals surface area (Å²) in [7, 11) is 0. The van der Waals surface area contributed by atoms with Crippen LogP contribution in [-0.4, -0.2) is 4.57 Å². The average molecular weight is 373 g/mol. The standard InChI is InChI=1S/C15H9BrCl2FN/c16-10-2-1-9(14(19)5-10)8-20-4-3-12-13(18)6-11(17)7-15(12)20/h1-7H,8H2. The molecule has 0 N–H and O–H groups in total. The van der Waals surface area contributed by atoms with Crippen LogP contribution in [0, 0.1) is 5.82 Å². The second-order valence-electron chi connectivity index (χ2n) is 4.50. The van der Waals surface area contributed by atoms with Gasteiger partial charge in [-0.1, -0.05) is 45.2 Å². The van der Waals surface area contributed by atoms with Gasteiger partial charge in [0.05, 0.1) is 17.1 Å². The Hall–Kier alpha value is -1.03. The van der Waals surface area contributed by atoms with Gasteiger partial charge >= 0.3 is 0 Å². The average Bonchev–Trinajstić information content (AvgIpc) is 2.76. The Bertz CT molecular complexity index is 798. The summed E-state index contributed by atoms with van der Waals surface area (Å²) in [6, 6.07) is 10.5. The van der Waals surface area contributed by atoms with Gasteiger partial charge in [0.1, 0.15) is 5.82 Å². The fourth-order valence-corrected chi connectivity index (χ4v) is 3.07. The lowest BCUT2D eigenvalue weighted by Gasteiger charge is -2.08. The van der Waals surface area contributed by atoms with Gasteiger partial charge in [-0.2, -0.15) is 0 Å². The quantitative estimate of drug-likeness (QED) is 0.527. The van der Waals surface area contributed by atoms with Crippen LogP contribution in [-0.2, 0) is 6.54 Å². The summed E-state index contributed by atoms with van der Waals surface area (Å²) in [5.74, 6) is -0.241. The van der Waals surface area contributed by atoms with Crippen LogP contribution in [0.2, 0.25) is 10.0 Å². The first-order valence-electron chi connectivity index (χ1n) is 5.92. The van der Waals surface area contributed by atoms with Crippen molar-refractivity contribution >= 4 is 50.0 Å². The smallest absolute Gasteiger partial charge is 0.129 e. The van der Waals surface area contributed by atoms with Gasteiger partial charge in [-0.05, 0) is 30.3 Å². The predicted octanol–water partition coefficient (Wildman–Crippen LogP) is 5.90. The molecule has 0 aliphatic rings. The van der Waals surface area contributed by atoms with E-state index in [2.05, 4.69) is 15.9 Å². The maximum Gasteiger partial charge on any atom is 0.129 e. The SMILES string of the molecule is Fc1cc(Br)ccc1Cn1ccc2c(Cl)cc(Cl)cc21. The largest absolute Gasteiger partial charge is 0.343 e. The van der Waals surface area contributed by atoms with Crippen molar-refractivity contribution in [2.75, 3.05) is 0 Å². The molecule has 0 aliphatic heterocycles. The molecule has 0 atom stereocenters. The van der Waals surface area contributed by atoms with E-state index in [-0.39, 0.29) is 5.82 Å². The van der Waals surface area contributed by atoms with Gasteiger partial charge in [-0.25, -0.2) is 4.39 Å². The molecule has 0 spiro atoms. The molecule has 2 aromatic carbocycles. The van der Waals surface area contributed by atoms with Crippen LogP contribution in [0.3, 0.4) is 0 Å². The van der Waals surface area contributed by atoms with Crippen molar-refractivity contribution < 1.29 is 4.39 Å². The number of fused-ring (bicyclic) bond motifs is 1. The lowest BCUT2D eigenvalue weighted by atomic mass is 10.2. The molecule has 1 nitrogen and oxygen atoms in total. The molecular formula is C15H9BrCl2FN. The van der Waals surface area contributed by atoms with E-state index in [1.54, 1.807) is 12.1 Å². The molecule has 0 amide bonds. The molecule has 0 radical (unpaired) electrons. The Balaban J connectivity index is 2.07. The molecule has 0 fully saturated rings. The first-order valence-corrected chi connectivity index (χ1v) is 7.47. The van der Waals surface area contributed by atoms with Gasteiger partial charge < -0.3 is 4.57 Å². The fourth-order valence-electron chi connectivity index (χ4n) is 2.19. The molecule has 0 saturated heterocycles. The third-order valence-corrected chi connectivity index (χ3v) is 4.18. The summed E-state index contributed by atoms with van der Waals surface area (Å²) in [5, 5.41) is 2.08. The van der Waals surface area contributed by atoms with E-state index in [0.29, 0.717) is 22.2 Å². The van der Waals surface area contributed by atoms with E-state index in [9.17, 15) is 4.39 Å². The minimum Gasteiger partial charge on any atom is -0.343 e. The van der Waals surface area contributed by atoms with Crippen molar-refractivity contribution in [1.82, 2.24) is 4.57 Å². The zero-order valence-corrected chi connectivity index (χ0v) is 13.3. The van der Waals surface area contributed by atoms with Crippen molar-refractivity contribution in [2.24, 2.45) is 0 Å². The molecule has 0 aliphatic carbocycles. The highest BCUT2D eigenvalue weighted by molar-refractivity contribution is 9.10. The normalized spacial score (nSPS) is 11.2. The van der Waals surface area contributed by atoms with Crippen LogP contribution in [0.5, 0.6) is 0 Å². The highest BCUT2D eigenvalue weighted by atomic mass is 79.9. The Morgan fingerprint density at radius 1 is 1.10 bits per heavy atom. The summed E-state index contributed by atoms with van der Waals surface area (Å²) >= 11 is 15.4. The van der Waals surface area contributed by atoms with Crippen molar-refractivity contribution in [3.63, 3.8) is 0 Å². The summed E-state index contributed by atoms with van der Waals surface area (Å²) in [4.78, 5) is 0. The zero-order chi connectivity index (χ0) is 14.3. The van der Waals surface area contributed by atoms with Crippen LogP contribution < -0.4 is 0 Å². The van der Waals surface area contributed by atoms with Gasteiger partial charge in [-0.3, -0.25) is 0 Å². The number of hydrogen-bond donors (Lipinski definition) is 0. The Morgan fingerprint density at radius 2 is 1.90 bits per heavy atom. The summed E-state index contributed by atoms with van der Waals surface area (Å²) < 4.78 is 16.6. The molecule has 0 bridgehead atoms. The molecule has 5 heteroatoms. The van der Waals surface area contributed by atoms with Gasteiger partial charge in [0.25, 0.3) is 0 Å². The van der Waals surface area contributed by atoms with Crippen molar-refractivity contribution in [3.05, 3.63) is 68.5 Å². The summed E-state index contributed by atoms with van der Waals surface area (Å²) in [5.41, 5.74) is 1.51. The molecular weight excluding hydrogens is 364 g/mol. The molecule has 1 heterocycles. The first kappa shape index (κ1) is 13.9. The van der Waals surface area contributed by atoms with E-state index in [1.165, 1.54) is 6.07 Å². The minimum absolute atomic E-state index is 0.241. The van der Waals surface area contributed by atoms with E-state index < -0.39 is 0 Å². The van der Waals surface area contributed by atoms with Gasteiger partial charge in [0, 0.05) is 26.6 Å². The van der Waals surface area contributed by atoms with E-state index in [4.69, 9.17) is 23.2 Å². The maximum absolute atomic E-state index is 13.9. The van der Waals surface area contributed by atoms with E-state index in [0.717, 1.165) is 15.4 Å². The summed E-state index contributed by atoms with van der Waals surface area (Å²) in [6.45, 7) is 0.430. The monoisotopic (exact) mass is 371 g/mol. The highest BCUT2D eigenvalue weighted by Gasteiger charge is 2.09. The lowest BCUT2D eigenvalue weighted by molar-refractivity contribution is 0.601. The van der Waals surface area contributed by atoms with Crippen molar-refractivity contribution in [2.45, 2.75) is 6.54 Å². The van der Waals surface area contributed by atoms with Crippen molar-refractivity contribution in [1.29, 1.82) is 0 Å². The third-order valence-electron chi connectivity index (χ3n) is 3.16. The molecule has 0 saturated carbocycles. The van der Waals surface area contributed by atoms with Gasteiger partial charge in [-0.15, -0.1) is 0 Å². The molecule has 3 rings (SSSR count). The number of benzene rings is 2. The zero-order valence-electron chi connectivity index (χ0n) is 10.2. The Labute approximate surface area is 134 Å². The van der Waals surface area contributed by atoms with Crippen LogP contribution in [0.4, 0.5) is 4.39 Å². The van der Waals surface area contributed by atoms with Crippen LogP contribution in [0.25, 0.3) is 10.9 Å². The summed E-state index contributed by atoms with van der Waals surface area (Å²) in [6.07, 6.45) is 1.88. The molecule has 102 valence electrons. The van der Waals surface area contributed by atoms with E-state index in [1.807, 2.05) is 29.0 Å². The second kappa shape index (κ2) is 5.40. The van der Waals surface area contributed by atoms with Crippen LogP contribution in [0.1, 0.15) is 5.56 Å². The molecule has 3 aromatic rings. The number of halogens is 4. The molecule has 1 aromatic heterocycles. The first-order chi connectivity index (χ1) is 9.54. The van der Waals surface area contributed by atoms with Crippen LogP contribution in [0.15, 0.2) is 47.1 Å². The minimum atomic E-state index is -0.241. The van der Waals surface area contributed by atoms with E-state index >= 15 is 0 Å². The number of hydrogen-bond acceptors (Lipinski definition) is 0. The topological polar surface area (TPSA) is 4.93 Å². The number of aromatic nitrogens is 1.